The van der Waals surface area contributed by atoms with E-state index in [4.69, 9.17) is 9.88 Å². The maximum absolute atomic E-state index is 11.4. The van der Waals surface area contributed by atoms with Crippen molar-refractivity contribution in [3.63, 3.8) is 0 Å². The first-order valence-corrected chi connectivity index (χ1v) is 10.4. The largest absolute Gasteiger partial charge is 0.488 e. The number of hydrogen-bond donors (Lipinski definition) is 3. The molecule has 1 aliphatic carbocycles. The van der Waals surface area contributed by atoms with Gasteiger partial charge in [0.1, 0.15) is 17.4 Å². The van der Waals surface area contributed by atoms with Gasteiger partial charge < -0.3 is 15.2 Å². The minimum absolute atomic E-state index is 0.0299. The summed E-state index contributed by atoms with van der Waals surface area (Å²) in [6.45, 7) is 0. The average Bonchev–Trinajstić information content (AvgIpc) is 3.07. The fraction of sp³-hybridized carbons (Fsp3) is 0.263. The molecular weight excluding hydrogens is 380 g/mol. The van der Waals surface area contributed by atoms with Gasteiger partial charge in [0, 0.05) is 23.7 Å². The predicted octanol–water partition coefficient (Wildman–Crippen LogP) is 2.31. The Morgan fingerprint density at radius 1 is 1.14 bits per heavy atom. The van der Waals surface area contributed by atoms with Gasteiger partial charge in [-0.2, -0.15) is 0 Å². The Bertz CT molecular complexity index is 1100. The zero-order valence-corrected chi connectivity index (χ0v) is 15.8. The zero-order chi connectivity index (χ0) is 19.7. The van der Waals surface area contributed by atoms with Gasteiger partial charge in [-0.15, -0.1) is 0 Å². The summed E-state index contributed by atoms with van der Waals surface area (Å²) in [5.41, 5.74) is 1.30. The van der Waals surface area contributed by atoms with Crippen LogP contribution in [0.4, 0.5) is 11.6 Å². The number of aliphatic hydroxyl groups excluding tert-OH is 1. The second-order valence-electron chi connectivity index (χ2n) is 6.79. The number of para-hydroxylation sites is 1. The van der Waals surface area contributed by atoms with Gasteiger partial charge in [0.2, 0.25) is 16.0 Å². The summed E-state index contributed by atoms with van der Waals surface area (Å²) in [6, 6.07) is 11.6. The molecule has 0 bridgehead atoms. The van der Waals surface area contributed by atoms with Crippen LogP contribution in [-0.4, -0.2) is 35.7 Å². The van der Waals surface area contributed by atoms with Crippen molar-refractivity contribution >= 4 is 32.6 Å². The van der Waals surface area contributed by atoms with E-state index in [9.17, 15) is 13.5 Å². The Hall–Kier alpha value is -2.75. The van der Waals surface area contributed by atoms with Gasteiger partial charge in [-0.3, -0.25) is 0 Å². The molecule has 1 heterocycles. The molecule has 4 rings (SSSR count). The van der Waals surface area contributed by atoms with E-state index in [1.807, 2.05) is 18.2 Å². The molecule has 2 atom stereocenters. The van der Waals surface area contributed by atoms with Crippen LogP contribution in [0.3, 0.4) is 0 Å². The van der Waals surface area contributed by atoms with Crippen LogP contribution in [0.15, 0.2) is 53.6 Å². The van der Waals surface area contributed by atoms with Crippen molar-refractivity contribution in [2.75, 3.05) is 5.32 Å². The number of primary sulfonamides is 1. The number of nitrogens with one attached hydrogen (secondary N) is 1. The molecule has 3 aromatic rings. The number of aromatic nitrogens is 2. The lowest BCUT2D eigenvalue weighted by Gasteiger charge is -2.15. The fourth-order valence-corrected chi connectivity index (χ4v) is 3.76. The number of fused-ring (bicyclic) bond motifs is 1. The first kappa shape index (κ1) is 18.6. The molecule has 1 aromatic heterocycles. The number of rotatable bonds is 5. The van der Waals surface area contributed by atoms with Crippen molar-refractivity contribution in [1.29, 1.82) is 0 Å². The van der Waals surface area contributed by atoms with Crippen molar-refractivity contribution in [2.24, 2.45) is 5.14 Å². The van der Waals surface area contributed by atoms with Crippen molar-refractivity contribution < 1.29 is 18.3 Å². The number of nitrogens with zero attached hydrogens (tertiary/aromatic N) is 2. The van der Waals surface area contributed by atoms with Crippen molar-refractivity contribution in [2.45, 2.75) is 36.4 Å². The number of ether oxygens (including phenoxy) is 1. The van der Waals surface area contributed by atoms with Crippen LogP contribution in [0.25, 0.3) is 10.9 Å². The summed E-state index contributed by atoms with van der Waals surface area (Å²) in [5, 5.41) is 18.7. The van der Waals surface area contributed by atoms with E-state index >= 15 is 0 Å². The van der Waals surface area contributed by atoms with Crippen LogP contribution < -0.4 is 15.2 Å². The normalized spacial score (nSPS) is 19.6. The molecule has 1 fully saturated rings. The van der Waals surface area contributed by atoms with Gasteiger partial charge >= 0.3 is 0 Å². The molecule has 4 N–H and O–H groups in total. The molecule has 1 saturated carbocycles. The van der Waals surface area contributed by atoms with Crippen LogP contribution in [0.2, 0.25) is 0 Å². The van der Waals surface area contributed by atoms with Gasteiger partial charge in [-0.25, -0.2) is 23.5 Å². The smallest absolute Gasteiger partial charge is 0.238 e. The maximum Gasteiger partial charge on any atom is 0.238 e. The fourth-order valence-electron chi connectivity index (χ4n) is 3.24. The molecule has 146 valence electrons. The Morgan fingerprint density at radius 3 is 2.61 bits per heavy atom. The maximum atomic E-state index is 11.4. The highest BCUT2D eigenvalue weighted by molar-refractivity contribution is 7.89. The highest BCUT2D eigenvalue weighted by Gasteiger charge is 2.25. The van der Waals surface area contributed by atoms with E-state index in [1.165, 1.54) is 12.1 Å². The average molecular weight is 400 g/mol. The van der Waals surface area contributed by atoms with Gasteiger partial charge in [0.05, 0.1) is 11.0 Å². The van der Waals surface area contributed by atoms with Crippen molar-refractivity contribution in [1.82, 2.24) is 9.97 Å². The summed E-state index contributed by atoms with van der Waals surface area (Å²) in [6.07, 6.45) is 3.52. The quantitative estimate of drug-likeness (QED) is 0.599. The van der Waals surface area contributed by atoms with Gasteiger partial charge in [0.25, 0.3) is 0 Å². The third-order valence-electron chi connectivity index (χ3n) is 4.66. The lowest BCUT2D eigenvalue weighted by molar-refractivity contribution is 0.150. The van der Waals surface area contributed by atoms with Gasteiger partial charge in [0.15, 0.2) is 0 Å². The second-order valence-corrected chi connectivity index (χ2v) is 8.35. The summed E-state index contributed by atoms with van der Waals surface area (Å²) < 4.78 is 28.8. The Balaban J connectivity index is 1.59. The molecule has 0 aliphatic heterocycles. The van der Waals surface area contributed by atoms with Crippen LogP contribution >= 0.6 is 0 Å². The van der Waals surface area contributed by atoms with E-state index in [1.54, 1.807) is 18.3 Å². The molecule has 0 amide bonds. The van der Waals surface area contributed by atoms with Gasteiger partial charge in [-0.05, 0) is 43.2 Å². The van der Waals surface area contributed by atoms with Crippen LogP contribution in [0.5, 0.6) is 5.75 Å². The Labute approximate surface area is 162 Å². The monoisotopic (exact) mass is 400 g/mol. The van der Waals surface area contributed by atoms with E-state index in [2.05, 4.69) is 15.3 Å². The molecule has 8 nitrogen and oxygen atoms in total. The third kappa shape index (κ3) is 4.06. The van der Waals surface area contributed by atoms with Crippen molar-refractivity contribution in [3.05, 3.63) is 48.7 Å². The first-order chi connectivity index (χ1) is 13.4. The molecule has 0 radical (unpaired) electrons. The van der Waals surface area contributed by atoms with Crippen LogP contribution in [0.1, 0.15) is 19.3 Å². The number of hydrogen-bond acceptors (Lipinski definition) is 7. The molecule has 0 spiro atoms. The molecule has 0 saturated heterocycles. The topological polar surface area (TPSA) is 127 Å². The first-order valence-electron chi connectivity index (χ1n) is 8.89. The van der Waals surface area contributed by atoms with Crippen LogP contribution in [0, 0.1) is 0 Å². The SMILES string of the molecule is NS(=O)(=O)c1ccc(Nc2ncc3cccc(O[C@H]4CC[C@H](O)C4)c3n2)cc1. The lowest BCUT2D eigenvalue weighted by atomic mass is 10.2. The number of benzene rings is 2. The highest BCUT2D eigenvalue weighted by atomic mass is 32.2. The summed E-state index contributed by atoms with van der Waals surface area (Å²) in [4.78, 5) is 8.88. The minimum atomic E-state index is -3.74. The number of aliphatic hydroxyl groups is 1. The summed E-state index contributed by atoms with van der Waals surface area (Å²) in [7, 11) is -3.74. The molecule has 1 aliphatic rings. The van der Waals surface area contributed by atoms with E-state index < -0.39 is 10.0 Å². The van der Waals surface area contributed by atoms with Crippen LogP contribution in [-0.2, 0) is 10.0 Å². The van der Waals surface area contributed by atoms with E-state index in [0.717, 1.165) is 18.2 Å². The molecule has 2 aromatic carbocycles. The second kappa shape index (κ2) is 7.34. The Kier molecular flexibility index (Phi) is 4.88. The van der Waals surface area contributed by atoms with E-state index in [0.29, 0.717) is 29.3 Å². The van der Waals surface area contributed by atoms with E-state index in [-0.39, 0.29) is 17.1 Å². The lowest BCUT2D eigenvalue weighted by Crippen LogP contribution is -2.14. The minimum Gasteiger partial charge on any atom is -0.488 e. The molecule has 28 heavy (non-hydrogen) atoms. The predicted molar refractivity (Wildman–Crippen MR) is 105 cm³/mol. The number of anilines is 2. The molecule has 9 heteroatoms. The number of nitrogens with two attached hydrogens (primary N) is 1. The zero-order valence-electron chi connectivity index (χ0n) is 14.9. The summed E-state index contributed by atoms with van der Waals surface area (Å²) in [5.74, 6) is 1.00. The third-order valence-corrected chi connectivity index (χ3v) is 5.59. The van der Waals surface area contributed by atoms with Gasteiger partial charge in [-0.1, -0.05) is 12.1 Å². The Morgan fingerprint density at radius 2 is 1.93 bits per heavy atom. The standard InChI is InChI=1S/C19H20N4O4S/c20-28(25,26)16-8-4-13(5-9-16)22-19-21-11-12-2-1-3-17(18(12)23-19)27-15-7-6-14(24)10-15/h1-5,8-9,11,14-15,24H,6-7,10H2,(H2,20,25,26)(H,21,22,23)/t14-,15-/m0/s1. The molecular formula is C19H20N4O4S. The number of sulfonamides is 1. The summed E-state index contributed by atoms with van der Waals surface area (Å²) >= 11 is 0. The van der Waals surface area contributed by atoms with Crippen molar-refractivity contribution in [3.8, 4) is 5.75 Å². The molecule has 0 unspecified atom stereocenters. The highest BCUT2D eigenvalue weighted by Crippen LogP contribution is 2.30.